The molecule has 1 aliphatic rings. The third-order valence-corrected chi connectivity index (χ3v) is 3.81. The molecule has 1 aliphatic heterocycles. The average Bonchev–Trinajstić information content (AvgIpc) is 2.28. The number of nitrogens with zero attached hydrogens (tertiary/aromatic N) is 1. The van der Waals surface area contributed by atoms with E-state index in [-0.39, 0.29) is 11.5 Å². The van der Waals surface area contributed by atoms with Crippen molar-refractivity contribution in [1.29, 1.82) is 0 Å². The van der Waals surface area contributed by atoms with Crippen molar-refractivity contribution in [3.05, 3.63) is 0 Å². The molecule has 0 aromatic carbocycles. The molecule has 1 rings (SSSR count). The molecule has 1 atom stereocenters. The molecule has 20 heavy (non-hydrogen) atoms. The first-order chi connectivity index (χ1) is 9.14. The molecule has 4 nitrogen and oxygen atoms in total. The van der Waals surface area contributed by atoms with Crippen molar-refractivity contribution >= 4 is 6.09 Å². The predicted molar refractivity (Wildman–Crippen MR) is 82.6 cm³/mol. The summed E-state index contributed by atoms with van der Waals surface area (Å²) in [6, 6.07) is 0.310. The van der Waals surface area contributed by atoms with Gasteiger partial charge in [-0.3, -0.25) is 0 Å². The van der Waals surface area contributed by atoms with Crippen LogP contribution in [0.1, 0.15) is 66.7 Å². The lowest BCUT2D eigenvalue weighted by Gasteiger charge is -2.44. The summed E-state index contributed by atoms with van der Waals surface area (Å²) in [5.74, 6) is 0. The largest absolute Gasteiger partial charge is 0.444 e. The molecule has 1 fully saturated rings. The summed E-state index contributed by atoms with van der Waals surface area (Å²) in [6.07, 6.45) is 5.22. The number of rotatable bonds is 4. The Morgan fingerprint density at radius 3 is 2.55 bits per heavy atom. The molecular formula is C16H32N2O2. The summed E-state index contributed by atoms with van der Waals surface area (Å²) >= 11 is 0. The Hall–Kier alpha value is -0.770. The van der Waals surface area contributed by atoms with E-state index in [1.54, 1.807) is 0 Å². The fourth-order valence-electron chi connectivity index (χ4n) is 2.74. The molecule has 0 bridgehead atoms. The van der Waals surface area contributed by atoms with Gasteiger partial charge in [0.15, 0.2) is 0 Å². The van der Waals surface area contributed by atoms with Crippen molar-refractivity contribution in [3.8, 4) is 0 Å². The summed E-state index contributed by atoms with van der Waals surface area (Å²) in [5.41, 5.74) is 5.31. The number of unbranched alkanes of at least 4 members (excludes halogenated alkanes) is 1. The number of hydrogen-bond donors (Lipinski definition) is 1. The first-order valence-electron chi connectivity index (χ1n) is 7.84. The van der Waals surface area contributed by atoms with Crippen LogP contribution in [0, 0.1) is 5.41 Å². The van der Waals surface area contributed by atoms with Gasteiger partial charge in [0.25, 0.3) is 0 Å². The number of ether oxygens (including phenoxy) is 1. The maximum atomic E-state index is 12.4. The van der Waals surface area contributed by atoms with Crippen molar-refractivity contribution < 1.29 is 9.53 Å². The second-order valence-electron chi connectivity index (χ2n) is 7.75. The van der Waals surface area contributed by atoms with Crippen molar-refractivity contribution in [2.45, 2.75) is 78.4 Å². The molecular weight excluding hydrogens is 252 g/mol. The first-order valence-corrected chi connectivity index (χ1v) is 7.84. The number of amides is 1. The van der Waals surface area contributed by atoms with Gasteiger partial charge in [-0.05, 0) is 58.4 Å². The van der Waals surface area contributed by atoms with Gasteiger partial charge in [0.05, 0.1) is 0 Å². The molecule has 0 aliphatic carbocycles. The van der Waals surface area contributed by atoms with E-state index in [1.807, 2.05) is 25.7 Å². The van der Waals surface area contributed by atoms with Gasteiger partial charge in [0.1, 0.15) is 5.60 Å². The van der Waals surface area contributed by atoms with Crippen molar-refractivity contribution in [2.75, 3.05) is 13.1 Å². The van der Waals surface area contributed by atoms with Gasteiger partial charge in [0, 0.05) is 12.6 Å². The Bertz CT molecular complexity index is 321. The van der Waals surface area contributed by atoms with E-state index in [2.05, 4.69) is 13.8 Å². The molecule has 1 unspecified atom stereocenters. The number of likely N-dealkylation sites (tertiary alicyclic amines) is 1. The van der Waals surface area contributed by atoms with Crippen LogP contribution in [0.25, 0.3) is 0 Å². The van der Waals surface area contributed by atoms with Crippen LogP contribution >= 0.6 is 0 Å². The molecule has 0 radical (unpaired) electrons. The van der Waals surface area contributed by atoms with Gasteiger partial charge in [-0.25, -0.2) is 4.79 Å². The van der Waals surface area contributed by atoms with Crippen LogP contribution in [0.5, 0.6) is 0 Å². The van der Waals surface area contributed by atoms with Gasteiger partial charge in [-0.15, -0.1) is 0 Å². The number of carbonyl (C=O) groups excluding carboxylic acids is 1. The normalized spacial score (nSPS) is 22.7. The lowest BCUT2D eigenvalue weighted by molar-refractivity contribution is -0.00902. The Morgan fingerprint density at radius 2 is 2.00 bits per heavy atom. The van der Waals surface area contributed by atoms with E-state index in [0.29, 0.717) is 6.04 Å². The topological polar surface area (TPSA) is 55.6 Å². The van der Waals surface area contributed by atoms with Crippen LogP contribution in [0.2, 0.25) is 0 Å². The van der Waals surface area contributed by atoms with Crippen molar-refractivity contribution in [3.63, 3.8) is 0 Å². The fraction of sp³-hybridized carbons (Fsp3) is 0.938. The summed E-state index contributed by atoms with van der Waals surface area (Å²) in [4.78, 5) is 14.4. The maximum Gasteiger partial charge on any atom is 0.410 e. The van der Waals surface area contributed by atoms with Gasteiger partial charge in [0.2, 0.25) is 0 Å². The fourth-order valence-corrected chi connectivity index (χ4v) is 2.74. The Kier molecular flexibility index (Phi) is 5.87. The Balaban J connectivity index is 2.69. The zero-order chi connectivity index (χ0) is 15.4. The Morgan fingerprint density at radius 1 is 1.35 bits per heavy atom. The van der Waals surface area contributed by atoms with Crippen molar-refractivity contribution in [1.82, 2.24) is 4.90 Å². The van der Waals surface area contributed by atoms with E-state index in [1.165, 1.54) is 6.42 Å². The summed E-state index contributed by atoms with van der Waals surface area (Å²) in [7, 11) is 0. The van der Waals surface area contributed by atoms with E-state index in [9.17, 15) is 4.79 Å². The van der Waals surface area contributed by atoms with E-state index in [4.69, 9.17) is 10.5 Å². The molecule has 0 spiro atoms. The van der Waals surface area contributed by atoms with E-state index < -0.39 is 5.60 Å². The number of carbonyl (C=O) groups is 1. The van der Waals surface area contributed by atoms with Crippen LogP contribution < -0.4 is 5.73 Å². The molecule has 1 saturated heterocycles. The summed E-state index contributed by atoms with van der Waals surface area (Å²) < 4.78 is 5.57. The monoisotopic (exact) mass is 284 g/mol. The van der Waals surface area contributed by atoms with E-state index >= 15 is 0 Å². The van der Waals surface area contributed by atoms with Gasteiger partial charge in [-0.2, -0.15) is 0 Å². The summed E-state index contributed by atoms with van der Waals surface area (Å²) in [6.45, 7) is 11.7. The van der Waals surface area contributed by atoms with Crippen molar-refractivity contribution in [2.24, 2.45) is 11.1 Å². The van der Waals surface area contributed by atoms with Gasteiger partial charge >= 0.3 is 6.09 Å². The number of hydrogen-bond acceptors (Lipinski definition) is 3. The third-order valence-electron chi connectivity index (χ3n) is 3.81. The third kappa shape index (κ3) is 5.70. The van der Waals surface area contributed by atoms with E-state index in [0.717, 1.165) is 38.8 Å². The molecule has 0 aromatic heterocycles. The molecule has 118 valence electrons. The molecule has 0 saturated carbocycles. The highest BCUT2D eigenvalue weighted by molar-refractivity contribution is 5.68. The Labute approximate surface area is 124 Å². The number of piperidine rings is 1. The van der Waals surface area contributed by atoms with Gasteiger partial charge < -0.3 is 15.4 Å². The van der Waals surface area contributed by atoms with Gasteiger partial charge in [-0.1, -0.05) is 20.3 Å². The molecule has 4 heteroatoms. The highest BCUT2D eigenvalue weighted by atomic mass is 16.6. The minimum absolute atomic E-state index is 0.164. The summed E-state index contributed by atoms with van der Waals surface area (Å²) in [5, 5.41) is 0. The number of nitrogens with two attached hydrogens (primary N) is 1. The maximum absolute atomic E-state index is 12.4. The van der Waals surface area contributed by atoms with Crippen LogP contribution in [-0.4, -0.2) is 35.7 Å². The average molecular weight is 284 g/mol. The predicted octanol–water partition coefficient (Wildman–Crippen LogP) is 3.54. The molecule has 1 heterocycles. The molecule has 0 aromatic rings. The SMILES string of the molecule is CC1(C)CCC(CCCCN)N(C(=O)OC(C)(C)C)C1. The standard InChI is InChI=1S/C16H32N2O2/c1-15(2,3)20-14(19)18-12-16(4,5)10-9-13(18)8-6-7-11-17/h13H,6-12,17H2,1-5H3. The van der Waals surface area contributed by atoms with Crippen LogP contribution in [0.3, 0.4) is 0 Å². The smallest absolute Gasteiger partial charge is 0.410 e. The second-order valence-corrected chi connectivity index (χ2v) is 7.75. The van der Waals surface area contributed by atoms with Crippen LogP contribution in [0.15, 0.2) is 0 Å². The highest BCUT2D eigenvalue weighted by Crippen LogP contribution is 2.34. The second kappa shape index (κ2) is 6.79. The molecule has 2 N–H and O–H groups in total. The zero-order valence-corrected chi connectivity index (χ0v) is 13.9. The molecule has 1 amide bonds. The lowest BCUT2D eigenvalue weighted by Crippen LogP contribution is -2.51. The highest BCUT2D eigenvalue weighted by Gasteiger charge is 2.37. The van der Waals surface area contributed by atoms with Crippen LogP contribution in [-0.2, 0) is 4.74 Å². The minimum atomic E-state index is -0.430. The van der Waals surface area contributed by atoms with Crippen LogP contribution in [0.4, 0.5) is 4.79 Å². The lowest BCUT2D eigenvalue weighted by atomic mass is 9.80. The zero-order valence-electron chi connectivity index (χ0n) is 13.9. The minimum Gasteiger partial charge on any atom is -0.444 e. The first kappa shape index (κ1) is 17.3. The quantitative estimate of drug-likeness (QED) is 0.803.